The van der Waals surface area contributed by atoms with Crippen molar-refractivity contribution in [2.75, 3.05) is 6.61 Å². The number of carbonyl (C=O) groups is 1. The third kappa shape index (κ3) is 4.02. The van der Waals surface area contributed by atoms with E-state index in [4.69, 9.17) is 44.7 Å². The number of hydrogen-bond donors (Lipinski definition) is 1. The zero-order valence-electron chi connectivity index (χ0n) is 10.7. The Morgan fingerprint density at radius 3 is 2.43 bits per heavy atom. The lowest BCUT2D eigenvalue weighted by Crippen LogP contribution is -2.16. The number of halogens is 3. The molecule has 9 heteroatoms. The molecule has 0 saturated heterocycles. The van der Waals surface area contributed by atoms with Crippen LogP contribution in [0.25, 0.3) is 0 Å². The molecule has 0 bridgehead atoms. The molecule has 0 atom stereocenters. The van der Waals surface area contributed by atoms with E-state index < -0.39 is 20.9 Å². The molecule has 0 aliphatic heterocycles. The molecule has 1 fully saturated rings. The van der Waals surface area contributed by atoms with Gasteiger partial charge in [0.25, 0.3) is 0 Å². The second-order valence-electron chi connectivity index (χ2n) is 4.77. The maximum absolute atomic E-state index is 12.0. The molecule has 21 heavy (non-hydrogen) atoms. The lowest BCUT2D eigenvalue weighted by atomic mass is 10.2. The Balaban J connectivity index is 2.32. The first-order chi connectivity index (χ1) is 9.71. The molecule has 5 nitrogen and oxygen atoms in total. The lowest BCUT2D eigenvalue weighted by Gasteiger charge is -2.11. The fraction of sp³-hybridized carbons (Fsp3) is 0.417. The van der Waals surface area contributed by atoms with Crippen LogP contribution >= 0.6 is 34.8 Å². The van der Waals surface area contributed by atoms with E-state index in [1.54, 1.807) is 0 Å². The van der Waals surface area contributed by atoms with Gasteiger partial charge in [-0.25, -0.2) is 18.4 Å². The highest BCUT2D eigenvalue weighted by Crippen LogP contribution is 2.37. The average Bonchev–Trinajstić information content (AvgIpc) is 3.16. The van der Waals surface area contributed by atoms with Gasteiger partial charge in [0.2, 0.25) is 10.0 Å². The van der Waals surface area contributed by atoms with Crippen molar-refractivity contribution in [3.05, 3.63) is 26.7 Å². The number of hydrogen-bond acceptors (Lipinski definition) is 4. The zero-order chi connectivity index (χ0) is 15.8. The van der Waals surface area contributed by atoms with Crippen LogP contribution in [0.5, 0.6) is 0 Å². The third-order valence-electron chi connectivity index (χ3n) is 3.09. The van der Waals surface area contributed by atoms with Gasteiger partial charge in [0.1, 0.15) is 4.90 Å². The third-order valence-corrected chi connectivity index (χ3v) is 5.32. The molecule has 0 aromatic heterocycles. The highest BCUT2D eigenvalue weighted by molar-refractivity contribution is 7.89. The van der Waals surface area contributed by atoms with Crippen LogP contribution in [0.3, 0.4) is 0 Å². The van der Waals surface area contributed by atoms with Gasteiger partial charge in [-0.05, 0) is 18.4 Å². The number of nitrogens with two attached hydrogens (primary N) is 1. The molecule has 1 saturated carbocycles. The van der Waals surface area contributed by atoms with E-state index in [0.29, 0.717) is 5.92 Å². The van der Waals surface area contributed by atoms with Crippen LogP contribution < -0.4 is 5.14 Å². The van der Waals surface area contributed by atoms with Gasteiger partial charge in [-0.2, -0.15) is 0 Å². The molecular formula is C12H12Cl3NO4S. The molecule has 0 unspecified atom stereocenters. The molecule has 0 heterocycles. The molecule has 1 aliphatic rings. The number of esters is 1. The first-order valence-electron chi connectivity index (χ1n) is 6.09. The largest absolute Gasteiger partial charge is 0.462 e. The molecule has 1 aromatic rings. The standard InChI is InChI=1S/C12H12Cl3NO4S/c13-7-5-8(21(16,18)19)11(15)9(10(7)14)12(17)20-4-3-6-1-2-6/h5-6H,1-4H2,(H2,16,18,19). The first-order valence-corrected chi connectivity index (χ1v) is 8.77. The van der Waals surface area contributed by atoms with Gasteiger partial charge >= 0.3 is 5.97 Å². The van der Waals surface area contributed by atoms with Crippen LogP contribution in [-0.4, -0.2) is 21.0 Å². The highest BCUT2D eigenvalue weighted by atomic mass is 35.5. The predicted molar refractivity (Wildman–Crippen MR) is 80.5 cm³/mol. The topological polar surface area (TPSA) is 86.5 Å². The van der Waals surface area contributed by atoms with Crippen LogP contribution in [0.15, 0.2) is 11.0 Å². The SMILES string of the molecule is NS(=O)(=O)c1cc(Cl)c(Cl)c(C(=O)OCCC2CC2)c1Cl. The molecule has 1 aliphatic carbocycles. The Morgan fingerprint density at radius 1 is 1.29 bits per heavy atom. The van der Waals surface area contributed by atoms with Crippen molar-refractivity contribution in [1.82, 2.24) is 0 Å². The molecule has 2 N–H and O–H groups in total. The van der Waals surface area contributed by atoms with E-state index in [-0.39, 0.29) is 27.2 Å². The molecule has 2 rings (SSSR count). The molecule has 0 radical (unpaired) electrons. The fourth-order valence-corrected chi connectivity index (χ4v) is 3.49. The van der Waals surface area contributed by atoms with Gasteiger partial charge in [0, 0.05) is 0 Å². The minimum absolute atomic E-state index is 0.140. The van der Waals surface area contributed by atoms with Gasteiger partial charge < -0.3 is 4.74 Å². The van der Waals surface area contributed by atoms with E-state index in [1.165, 1.54) is 0 Å². The van der Waals surface area contributed by atoms with Crippen LogP contribution in [0.4, 0.5) is 0 Å². The second kappa shape index (κ2) is 6.30. The summed E-state index contributed by atoms with van der Waals surface area (Å²) in [6, 6.07) is 1.00. The molecule has 0 spiro atoms. The van der Waals surface area contributed by atoms with Gasteiger partial charge in [0.15, 0.2) is 0 Å². The van der Waals surface area contributed by atoms with Crippen molar-refractivity contribution in [1.29, 1.82) is 0 Å². The van der Waals surface area contributed by atoms with Gasteiger partial charge in [-0.3, -0.25) is 0 Å². The number of ether oxygens (including phenoxy) is 1. The van der Waals surface area contributed by atoms with Crippen LogP contribution in [0.1, 0.15) is 29.6 Å². The predicted octanol–water partition coefficient (Wildman–Crippen LogP) is 3.25. The smallest absolute Gasteiger partial charge is 0.341 e. The minimum atomic E-state index is -4.14. The molecule has 116 valence electrons. The minimum Gasteiger partial charge on any atom is -0.462 e. The van der Waals surface area contributed by atoms with Gasteiger partial charge in [-0.1, -0.05) is 47.6 Å². The normalized spacial score (nSPS) is 15.0. The summed E-state index contributed by atoms with van der Waals surface area (Å²) in [4.78, 5) is 11.6. The number of primary sulfonamides is 1. The van der Waals surface area contributed by atoms with Crippen LogP contribution in [0.2, 0.25) is 15.1 Å². The summed E-state index contributed by atoms with van der Waals surface area (Å²) in [5, 5.41) is 4.34. The fourth-order valence-electron chi connectivity index (χ4n) is 1.76. The summed E-state index contributed by atoms with van der Waals surface area (Å²) in [5.74, 6) is -0.235. The Hall–Kier alpha value is -0.530. The van der Waals surface area contributed by atoms with Crippen molar-refractivity contribution in [3.63, 3.8) is 0 Å². The second-order valence-corrected chi connectivity index (χ2v) is 7.47. The van der Waals surface area contributed by atoms with E-state index in [9.17, 15) is 13.2 Å². The number of carbonyl (C=O) groups excluding carboxylic acids is 1. The van der Waals surface area contributed by atoms with Crippen molar-refractivity contribution < 1.29 is 17.9 Å². The quantitative estimate of drug-likeness (QED) is 0.635. The summed E-state index contributed by atoms with van der Waals surface area (Å²) in [6.45, 7) is 0.216. The molecular weight excluding hydrogens is 361 g/mol. The van der Waals surface area contributed by atoms with Crippen LogP contribution in [-0.2, 0) is 14.8 Å². The Kier molecular flexibility index (Phi) is 5.05. The number of benzene rings is 1. The van der Waals surface area contributed by atoms with Crippen molar-refractivity contribution in [2.24, 2.45) is 11.1 Å². The summed E-state index contributed by atoms with van der Waals surface area (Å²) in [7, 11) is -4.14. The van der Waals surface area contributed by atoms with E-state index in [1.807, 2.05) is 0 Å². The number of sulfonamides is 1. The summed E-state index contributed by atoms with van der Waals surface area (Å²) < 4.78 is 27.9. The molecule has 1 aromatic carbocycles. The van der Waals surface area contributed by atoms with E-state index in [2.05, 4.69) is 0 Å². The summed E-state index contributed by atoms with van der Waals surface area (Å²) in [6.07, 6.45) is 3.02. The van der Waals surface area contributed by atoms with Crippen molar-refractivity contribution >= 4 is 50.8 Å². The summed E-state index contributed by atoms with van der Waals surface area (Å²) >= 11 is 17.6. The average molecular weight is 373 g/mol. The van der Waals surface area contributed by atoms with E-state index in [0.717, 1.165) is 25.3 Å². The van der Waals surface area contributed by atoms with Gasteiger partial charge in [0.05, 0.1) is 27.2 Å². The van der Waals surface area contributed by atoms with Gasteiger partial charge in [-0.15, -0.1) is 0 Å². The number of rotatable bonds is 5. The molecule has 0 amide bonds. The Labute approximate surface area is 137 Å². The highest BCUT2D eigenvalue weighted by Gasteiger charge is 2.27. The summed E-state index contributed by atoms with van der Waals surface area (Å²) in [5.41, 5.74) is -0.286. The lowest BCUT2D eigenvalue weighted by molar-refractivity contribution is 0.0495. The van der Waals surface area contributed by atoms with E-state index >= 15 is 0 Å². The Bertz CT molecular complexity index is 686. The maximum Gasteiger partial charge on any atom is 0.341 e. The Morgan fingerprint density at radius 2 is 1.90 bits per heavy atom. The van der Waals surface area contributed by atoms with Crippen molar-refractivity contribution in [3.8, 4) is 0 Å². The maximum atomic E-state index is 12.0. The van der Waals surface area contributed by atoms with Crippen molar-refractivity contribution in [2.45, 2.75) is 24.2 Å². The monoisotopic (exact) mass is 371 g/mol. The first kappa shape index (κ1) is 16.8. The van der Waals surface area contributed by atoms with Crippen LogP contribution in [0, 0.1) is 5.92 Å². The zero-order valence-corrected chi connectivity index (χ0v) is 13.8.